The smallest absolute Gasteiger partial charge is 0.266 e. The highest BCUT2D eigenvalue weighted by molar-refractivity contribution is 7.14. The zero-order valence-electron chi connectivity index (χ0n) is 14.3. The van der Waals surface area contributed by atoms with Crippen LogP contribution in [0.1, 0.15) is 21.1 Å². The van der Waals surface area contributed by atoms with Gasteiger partial charge in [0.15, 0.2) is 0 Å². The maximum atomic E-state index is 13.0. The van der Waals surface area contributed by atoms with Crippen molar-refractivity contribution in [3.8, 4) is 11.3 Å². The van der Waals surface area contributed by atoms with Crippen molar-refractivity contribution in [2.24, 2.45) is 0 Å². The van der Waals surface area contributed by atoms with Gasteiger partial charge in [-0.3, -0.25) is 4.79 Å². The van der Waals surface area contributed by atoms with E-state index in [1.54, 1.807) is 4.90 Å². The molecule has 128 valence electrons. The van der Waals surface area contributed by atoms with Crippen LogP contribution in [0.2, 0.25) is 0 Å². The molecule has 2 aromatic rings. The van der Waals surface area contributed by atoms with Crippen molar-refractivity contribution in [3.63, 3.8) is 0 Å². The van der Waals surface area contributed by atoms with Gasteiger partial charge >= 0.3 is 0 Å². The fraction of sp³-hybridized carbons (Fsp3) is 0.444. The Morgan fingerprint density at radius 1 is 1.38 bits per heavy atom. The minimum absolute atomic E-state index is 0.0332. The Hall–Kier alpha value is -1.76. The molecule has 5 nitrogen and oxygen atoms in total. The molecule has 1 N–H and O–H groups in total. The van der Waals surface area contributed by atoms with Gasteiger partial charge in [0.2, 0.25) is 0 Å². The van der Waals surface area contributed by atoms with Gasteiger partial charge < -0.3 is 14.9 Å². The van der Waals surface area contributed by atoms with Crippen molar-refractivity contribution in [3.05, 3.63) is 40.2 Å². The molecule has 0 radical (unpaired) electrons. The molecule has 0 bridgehead atoms. The summed E-state index contributed by atoms with van der Waals surface area (Å²) in [5, 5.41) is 11.5. The molecule has 0 unspecified atom stereocenters. The Bertz CT molecular complexity index is 729. The standard InChI is InChI=1S/C18H23N3O2S/c1-13-19-15(14-7-5-4-6-8-14)16(24-13)17(22)21-10-9-18(23,12-21)11-20(2)3/h4-8,23H,9-12H2,1-3H3/t18-/m1/s1. The number of hydrogen-bond acceptors (Lipinski definition) is 5. The second kappa shape index (κ2) is 6.63. The van der Waals surface area contributed by atoms with Crippen molar-refractivity contribution in [1.29, 1.82) is 0 Å². The number of rotatable bonds is 4. The van der Waals surface area contributed by atoms with Crippen molar-refractivity contribution in [1.82, 2.24) is 14.8 Å². The Morgan fingerprint density at radius 3 is 2.75 bits per heavy atom. The summed E-state index contributed by atoms with van der Waals surface area (Å²) < 4.78 is 0. The molecule has 1 fully saturated rings. The molecule has 3 rings (SSSR count). The largest absolute Gasteiger partial charge is 0.387 e. The van der Waals surface area contributed by atoms with Gasteiger partial charge in [-0.25, -0.2) is 4.98 Å². The van der Waals surface area contributed by atoms with Crippen LogP contribution in [0.3, 0.4) is 0 Å². The van der Waals surface area contributed by atoms with E-state index in [2.05, 4.69) is 4.98 Å². The van der Waals surface area contributed by atoms with Gasteiger partial charge in [-0.2, -0.15) is 0 Å². The van der Waals surface area contributed by atoms with Crippen molar-refractivity contribution < 1.29 is 9.90 Å². The molecule has 1 aromatic heterocycles. The van der Waals surface area contributed by atoms with Crippen LogP contribution in [0.15, 0.2) is 30.3 Å². The quantitative estimate of drug-likeness (QED) is 0.923. The minimum Gasteiger partial charge on any atom is -0.387 e. The second-order valence-corrected chi connectivity index (χ2v) is 7.92. The number of likely N-dealkylation sites (tertiary alicyclic amines) is 1. The SMILES string of the molecule is Cc1nc(-c2ccccc2)c(C(=O)N2CC[C@@](O)(CN(C)C)C2)s1. The molecule has 0 spiro atoms. The minimum atomic E-state index is -0.828. The molecule has 0 saturated carbocycles. The topological polar surface area (TPSA) is 56.7 Å². The predicted octanol–water partition coefficient (Wildman–Crippen LogP) is 2.26. The van der Waals surface area contributed by atoms with Crippen molar-refractivity contribution in [2.45, 2.75) is 18.9 Å². The maximum absolute atomic E-state index is 13.0. The third-order valence-electron chi connectivity index (χ3n) is 4.21. The number of carbonyl (C=O) groups excluding carboxylic acids is 1. The lowest BCUT2D eigenvalue weighted by atomic mass is 10.0. The molecule has 1 aliphatic rings. The first kappa shape index (κ1) is 17.1. The third-order valence-corrected chi connectivity index (χ3v) is 5.16. The molecule has 1 saturated heterocycles. The molecule has 1 aromatic carbocycles. The lowest BCUT2D eigenvalue weighted by Gasteiger charge is -2.26. The number of amides is 1. The number of hydrogen-bond donors (Lipinski definition) is 1. The third kappa shape index (κ3) is 3.50. The number of aryl methyl sites for hydroxylation is 1. The number of β-amino-alcohol motifs (C(OH)–C–C–N with tert-alkyl or cyclic N) is 1. The molecule has 1 amide bonds. The predicted molar refractivity (Wildman–Crippen MR) is 96.3 cm³/mol. The summed E-state index contributed by atoms with van der Waals surface area (Å²) in [7, 11) is 3.87. The number of thiazole rings is 1. The molecule has 1 aliphatic heterocycles. The molecule has 2 heterocycles. The molecule has 0 aliphatic carbocycles. The van der Waals surface area contributed by atoms with E-state index >= 15 is 0 Å². The highest BCUT2D eigenvalue weighted by Gasteiger charge is 2.39. The lowest BCUT2D eigenvalue weighted by molar-refractivity contribution is 0.0237. The van der Waals surface area contributed by atoms with Crippen LogP contribution in [0.25, 0.3) is 11.3 Å². The summed E-state index contributed by atoms with van der Waals surface area (Å²) in [6.45, 7) is 3.42. The first-order valence-electron chi connectivity index (χ1n) is 8.07. The van der Waals surface area contributed by atoms with E-state index in [0.717, 1.165) is 16.3 Å². The fourth-order valence-corrected chi connectivity index (χ4v) is 4.16. The van der Waals surface area contributed by atoms with Gasteiger partial charge in [0.05, 0.1) is 22.8 Å². The van der Waals surface area contributed by atoms with Gasteiger partial charge in [0, 0.05) is 18.7 Å². The summed E-state index contributed by atoms with van der Waals surface area (Å²) in [5.74, 6) is -0.0332. The fourth-order valence-electron chi connectivity index (χ4n) is 3.25. The summed E-state index contributed by atoms with van der Waals surface area (Å²) in [6, 6.07) is 9.79. The van der Waals surface area contributed by atoms with Gasteiger partial charge in [0.1, 0.15) is 4.88 Å². The van der Waals surface area contributed by atoms with Gasteiger partial charge in [-0.15, -0.1) is 11.3 Å². The number of aromatic nitrogens is 1. The summed E-state index contributed by atoms with van der Waals surface area (Å²) in [4.78, 5) is 21.9. The number of nitrogens with zero attached hydrogens (tertiary/aromatic N) is 3. The molecule has 6 heteroatoms. The maximum Gasteiger partial charge on any atom is 0.266 e. The van der Waals surface area contributed by atoms with E-state index in [4.69, 9.17) is 0 Å². The van der Waals surface area contributed by atoms with E-state index in [9.17, 15) is 9.90 Å². The van der Waals surface area contributed by atoms with Crippen LogP contribution in [0.5, 0.6) is 0 Å². The van der Waals surface area contributed by atoms with Crippen LogP contribution in [-0.4, -0.2) is 65.1 Å². The monoisotopic (exact) mass is 345 g/mol. The van der Waals surface area contributed by atoms with E-state index in [-0.39, 0.29) is 5.91 Å². The second-order valence-electron chi connectivity index (χ2n) is 6.72. The molecule has 24 heavy (non-hydrogen) atoms. The molecular formula is C18H23N3O2S. The number of benzene rings is 1. The van der Waals surface area contributed by atoms with Crippen LogP contribution in [0, 0.1) is 6.92 Å². The first-order valence-corrected chi connectivity index (χ1v) is 8.89. The Kier molecular flexibility index (Phi) is 4.71. The van der Waals surface area contributed by atoms with E-state index < -0.39 is 5.60 Å². The number of likely N-dealkylation sites (N-methyl/N-ethyl adjacent to an activating group) is 1. The molecular weight excluding hydrogens is 322 g/mol. The van der Waals surface area contributed by atoms with E-state index in [1.807, 2.05) is 56.3 Å². The van der Waals surface area contributed by atoms with Crippen LogP contribution in [-0.2, 0) is 0 Å². The average molecular weight is 345 g/mol. The van der Waals surface area contributed by atoms with E-state index in [1.165, 1.54) is 11.3 Å². The van der Waals surface area contributed by atoms with Crippen molar-refractivity contribution in [2.75, 3.05) is 33.7 Å². The zero-order chi connectivity index (χ0) is 17.3. The zero-order valence-corrected chi connectivity index (χ0v) is 15.1. The summed E-state index contributed by atoms with van der Waals surface area (Å²) >= 11 is 1.42. The summed E-state index contributed by atoms with van der Waals surface area (Å²) in [6.07, 6.45) is 0.607. The van der Waals surface area contributed by atoms with Gasteiger partial charge in [-0.1, -0.05) is 30.3 Å². The Morgan fingerprint density at radius 2 is 2.08 bits per heavy atom. The molecule has 1 atom stereocenters. The number of carbonyl (C=O) groups is 1. The van der Waals surface area contributed by atoms with Crippen molar-refractivity contribution >= 4 is 17.2 Å². The Balaban J connectivity index is 1.84. The van der Waals surface area contributed by atoms with E-state index in [0.29, 0.717) is 30.9 Å². The van der Waals surface area contributed by atoms with Gasteiger partial charge in [-0.05, 0) is 27.4 Å². The Labute approximate surface area is 146 Å². The lowest BCUT2D eigenvalue weighted by Crippen LogP contribution is -2.43. The van der Waals surface area contributed by atoms with Crippen LogP contribution >= 0.6 is 11.3 Å². The normalized spacial score (nSPS) is 20.8. The van der Waals surface area contributed by atoms with Crippen LogP contribution < -0.4 is 0 Å². The first-order chi connectivity index (χ1) is 11.4. The van der Waals surface area contributed by atoms with Crippen LogP contribution in [0.4, 0.5) is 0 Å². The number of aliphatic hydroxyl groups is 1. The van der Waals surface area contributed by atoms with Gasteiger partial charge in [0.25, 0.3) is 5.91 Å². The summed E-state index contributed by atoms with van der Waals surface area (Å²) in [5.41, 5.74) is 0.866. The highest BCUT2D eigenvalue weighted by Crippen LogP contribution is 2.31. The average Bonchev–Trinajstić information content (AvgIpc) is 3.10. The highest BCUT2D eigenvalue weighted by atomic mass is 32.1.